The minimum absolute atomic E-state index is 0.0376. The van der Waals surface area contributed by atoms with Gasteiger partial charge in [0.25, 0.3) is 5.91 Å². The van der Waals surface area contributed by atoms with Crippen molar-refractivity contribution < 1.29 is 13.9 Å². The molecule has 35 heavy (non-hydrogen) atoms. The van der Waals surface area contributed by atoms with Gasteiger partial charge in [0, 0.05) is 10.6 Å². The minimum atomic E-state index is -1.02. The second kappa shape index (κ2) is 9.76. The summed E-state index contributed by atoms with van der Waals surface area (Å²) in [6.45, 7) is 7.92. The monoisotopic (exact) mass is 509 g/mol. The molecular weight excluding hydrogens is 485 g/mol. The Morgan fingerprint density at radius 2 is 1.69 bits per heavy atom. The molecule has 0 fully saturated rings. The van der Waals surface area contributed by atoms with E-state index in [1.54, 1.807) is 43.3 Å². The molecule has 1 atom stereocenters. The van der Waals surface area contributed by atoms with Crippen LogP contribution >= 0.6 is 23.2 Å². The maximum absolute atomic E-state index is 13.5. The quantitative estimate of drug-likeness (QED) is 0.302. The molecule has 0 radical (unpaired) electrons. The second-order valence-corrected chi connectivity index (χ2v) is 10.1. The highest BCUT2D eigenvalue weighted by molar-refractivity contribution is 6.33. The second-order valence-electron chi connectivity index (χ2n) is 9.29. The van der Waals surface area contributed by atoms with Crippen molar-refractivity contribution >= 4 is 45.8 Å². The summed E-state index contributed by atoms with van der Waals surface area (Å²) in [5, 5.41) is 3.78. The molecule has 1 aromatic heterocycles. The maximum atomic E-state index is 13.5. The summed E-state index contributed by atoms with van der Waals surface area (Å²) in [5.74, 6) is -0.287. The minimum Gasteiger partial charge on any atom is -0.473 e. The van der Waals surface area contributed by atoms with Crippen LogP contribution in [0, 0.1) is 0 Å². The van der Waals surface area contributed by atoms with Crippen molar-refractivity contribution in [3.05, 3.63) is 92.6 Å². The molecule has 0 saturated carbocycles. The molecule has 0 aliphatic heterocycles. The van der Waals surface area contributed by atoms with Gasteiger partial charge in [0.05, 0.1) is 16.1 Å². The van der Waals surface area contributed by atoms with E-state index in [1.165, 1.54) is 6.07 Å². The Morgan fingerprint density at radius 1 is 1.00 bits per heavy atom. The van der Waals surface area contributed by atoms with Gasteiger partial charge in [-0.05, 0) is 48.2 Å². The van der Waals surface area contributed by atoms with Crippen LogP contribution in [0.1, 0.15) is 33.3 Å². The lowest BCUT2D eigenvalue weighted by molar-refractivity contribution is -0.122. The highest BCUT2D eigenvalue weighted by Crippen LogP contribution is 2.34. The van der Waals surface area contributed by atoms with Crippen LogP contribution in [0.4, 0.5) is 5.69 Å². The van der Waals surface area contributed by atoms with Crippen LogP contribution in [-0.4, -0.2) is 12.0 Å². The van der Waals surface area contributed by atoms with Gasteiger partial charge in [-0.25, -0.2) is 0 Å². The average Bonchev–Trinajstić information content (AvgIpc) is 2.82. The average molecular weight is 510 g/mol. The molecule has 0 bridgehead atoms. The first kappa shape index (κ1) is 24.8. The molecule has 1 amide bonds. The van der Waals surface area contributed by atoms with Crippen molar-refractivity contribution in [1.29, 1.82) is 0 Å². The predicted octanol–water partition coefficient (Wildman–Crippen LogP) is 7.47. The molecule has 1 N–H and O–H groups in total. The van der Waals surface area contributed by atoms with E-state index < -0.39 is 17.4 Å². The zero-order chi connectivity index (χ0) is 25.3. The van der Waals surface area contributed by atoms with Gasteiger partial charge < -0.3 is 14.5 Å². The van der Waals surface area contributed by atoms with Crippen LogP contribution in [-0.2, 0) is 10.2 Å². The van der Waals surface area contributed by atoms with Crippen LogP contribution < -0.4 is 15.5 Å². The van der Waals surface area contributed by atoms with Crippen LogP contribution in [0.25, 0.3) is 22.3 Å². The predicted molar refractivity (Wildman–Crippen MR) is 142 cm³/mol. The summed E-state index contributed by atoms with van der Waals surface area (Å²) in [7, 11) is 0. The van der Waals surface area contributed by atoms with E-state index in [1.807, 2.05) is 24.3 Å². The lowest BCUT2D eigenvalue weighted by Gasteiger charge is -2.20. The van der Waals surface area contributed by atoms with Gasteiger partial charge in [-0.1, -0.05) is 80.4 Å². The number of fused-ring (bicyclic) bond motifs is 1. The van der Waals surface area contributed by atoms with Gasteiger partial charge in [-0.2, -0.15) is 0 Å². The molecule has 4 rings (SSSR count). The lowest BCUT2D eigenvalue weighted by atomic mass is 9.86. The number of carbonyl (C=O) groups excluding carboxylic acids is 1. The molecule has 7 heteroatoms. The van der Waals surface area contributed by atoms with E-state index in [0.717, 1.165) is 5.56 Å². The van der Waals surface area contributed by atoms with Crippen LogP contribution in [0.5, 0.6) is 5.75 Å². The number of carbonyl (C=O) groups is 1. The van der Waals surface area contributed by atoms with E-state index in [2.05, 4.69) is 26.1 Å². The SMILES string of the molecule is CC(Oc1c(-c2ccc(C(C)(C)C)cc2)oc2ccc(Cl)cc2c1=O)C(=O)Nc1ccccc1Cl. The van der Waals surface area contributed by atoms with Gasteiger partial charge in [0.1, 0.15) is 5.58 Å². The number of ether oxygens (including phenoxy) is 1. The molecular formula is C28H25Cl2NO4. The molecule has 1 heterocycles. The van der Waals surface area contributed by atoms with Crippen molar-refractivity contribution in [2.24, 2.45) is 0 Å². The Morgan fingerprint density at radius 3 is 2.34 bits per heavy atom. The number of hydrogen-bond acceptors (Lipinski definition) is 4. The maximum Gasteiger partial charge on any atom is 0.265 e. The van der Waals surface area contributed by atoms with Crippen molar-refractivity contribution in [3.63, 3.8) is 0 Å². The largest absolute Gasteiger partial charge is 0.473 e. The standard InChI is InChI=1S/C28H25Cl2NO4/c1-16(27(33)31-22-8-6-5-7-21(22)30)34-26-24(32)20-15-19(29)13-14-23(20)35-25(26)17-9-11-18(12-10-17)28(2,3)4/h5-16H,1-4H3,(H,31,33). The fourth-order valence-corrected chi connectivity index (χ4v) is 3.95. The fourth-order valence-electron chi connectivity index (χ4n) is 3.60. The van der Waals surface area contributed by atoms with E-state index in [9.17, 15) is 9.59 Å². The fraction of sp³-hybridized carbons (Fsp3) is 0.214. The molecule has 0 aliphatic carbocycles. The van der Waals surface area contributed by atoms with E-state index >= 15 is 0 Å². The smallest absolute Gasteiger partial charge is 0.265 e. The highest BCUT2D eigenvalue weighted by Gasteiger charge is 2.24. The number of halogens is 2. The Labute approximate surface area is 213 Å². The van der Waals surface area contributed by atoms with Crippen LogP contribution in [0.15, 0.2) is 75.9 Å². The molecule has 1 unspecified atom stereocenters. The summed E-state index contributed by atoms with van der Waals surface area (Å²) in [6.07, 6.45) is -1.02. The number of hydrogen-bond donors (Lipinski definition) is 1. The van der Waals surface area contributed by atoms with Gasteiger partial charge >= 0.3 is 0 Å². The molecule has 180 valence electrons. The summed E-state index contributed by atoms with van der Waals surface area (Å²) in [5.41, 5.74) is 2.15. The molecule has 3 aromatic carbocycles. The third-order valence-electron chi connectivity index (χ3n) is 5.62. The third-order valence-corrected chi connectivity index (χ3v) is 6.18. The Balaban J connectivity index is 1.76. The van der Waals surface area contributed by atoms with Crippen molar-refractivity contribution in [2.45, 2.75) is 39.2 Å². The van der Waals surface area contributed by atoms with Crippen molar-refractivity contribution in [3.8, 4) is 17.1 Å². The first-order valence-corrected chi connectivity index (χ1v) is 11.9. The number of amides is 1. The normalized spacial score (nSPS) is 12.4. The summed E-state index contributed by atoms with van der Waals surface area (Å²) in [4.78, 5) is 26.3. The van der Waals surface area contributed by atoms with Gasteiger partial charge in [-0.15, -0.1) is 0 Å². The molecule has 0 saturated heterocycles. The summed E-state index contributed by atoms with van der Waals surface area (Å²) in [6, 6.07) is 19.4. The highest BCUT2D eigenvalue weighted by atomic mass is 35.5. The number of anilines is 1. The Kier molecular flexibility index (Phi) is 6.93. The van der Waals surface area contributed by atoms with Gasteiger partial charge in [-0.3, -0.25) is 9.59 Å². The van der Waals surface area contributed by atoms with E-state index in [-0.39, 0.29) is 22.3 Å². The van der Waals surface area contributed by atoms with Gasteiger partial charge in [0.15, 0.2) is 11.9 Å². The van der Waals surface area contributed by atoms with Gasteiger partial charge in [0.2, 0.25) is 11.2 Å². The number of benzene rings is 3. The third kappa shape index (κ3) is 5.37. The van der Waals surface area contributed by atoms with Crippen molar-refractivity contribution in [2.75, 3.05) is 5.32 Å². The first-order chi connectivity index (χ1) is 16.5. The Hall–Kier alpha value is -3.28. The summed E-state index contributed by atoms with van der Waals surface area (Å²) >= 11 is 12.3. The zero-order valence-electron chi connectivity index (χ0n) is 19.8. The van der Waals surface area contributed by atoms with Crippen LogP contribution in [0.3, 0.4) is 0 Å². The molecule has 0 spiro atoms. The number of nitrogens with one attached hydrogen (secondary N) is 1. The van der Waals surface area contributed by atoms with E-state index in [4.69, 9.17) is 32.4 Å². The van der Waals surface area contributed by atoms with Crippen molar-refractivity contribution in [1.82, 2.24) is 0 Å². The lowest BCUT2D eigenvalue weighted by Crippen LogP contribution is -2.32. The first-order valence-electron chi connectivity index (χ1n) is 11.1. The topological polar surface area (TPSA) is 68.5 Å². The molecule has 0 aliphatic rings. The zero-order valence-corrected chi connectivity index (χ0v) is 21.3. The molecule has 4 aromatic rings. The Bertz CT molecular complexity index is 1450. The van der Waals surface area contributed by atoms with Crippen LogP contribution in [0.2, 0.25) is 10.0 Å². The summed E-state index contributed by atoms with van der Waals surface area (Å²) < 4.78 is 12.1. The number of rotatable bonds is 5. The molecule has 5 nitrogen and oxygen atoms in total. The number of para-hydroxylation sites is 1. The van der Waals surface area contributed by atoms with E-state index in [0.29, 0.717) is 26.9 Å².